The molecule has 5 nitrogen and oxygen atoms in total. The molecule has 0 amide bonds. The number of fused-ring (bicyclic) bond motifs is 1. The van der Waals surface area contributed by atoms with Gasteiger partial charge in [-0.3, -0.25) is 9.88 Å². The average Bonchev–Trinajstić information content (AvgIpc) is 2.68. The summed E-state index contributed by atoms with van der Waals surface area (Å²) in [4.78, 5) is 18.4. The summed E-state index contributed by atoms with van der Waals surface area (Å²) in [5.41, 5.74) is 2.84. The molecule has 3 aromatic rings. The number of hydrogen-bond acceptors (Lipinski definition) is 5. The molecule has 2 aromatic heterocycles. The summed E-state index contributed by atoms with van der Waals surface area (Å²) in [6.07, 6.45) is 1.77. The smallest absolute Gasteiger partial charge is 0.133 e. The standard InChI is InChI=1S/C22H26FN5/c1-15(2)22-25-16(3)11-20(26-22)28-9-7-27(8-10-28)14-18-13-19(23)12-17-5-4-6-24-21(17)18/h4-6,11-13,15H,7-10,14H2,1-3H3. The van der Waals surface area contributed by atoms with Crippen molar-refractivity contribution in [3.8, 4) is 0 Å². The van der Waals surface area contributed by atoms with Crippen LogP contribution in [0.4, 0.5) is 10.2 Å². The van der Waals surface area contributed by atoms with Crippen molar-refractivity contribution < 1.29 is 4.39 Å². The molecule has 0 bridgehead atoms. The van der Waals surface area contributed by atoms with Crippen molar-refractivity contribution in [2.75, 3.05) is 31.1 Å². The quantitative estimate of drug-likeness (QED) is 0.688. The van der Waals surface area contributed by atoms with E-state index in [1.165, 1.54) is 0 Å². The first-order valence-corrected chi connectivity index (χ1v) is 9.85. The number of aryl methyl sites for hydroxylation is 1. The molecule has 28 heavy (non-hydrogen) atoms. The van der Waals surface area contributed by atoms with E-state index in [0.29, 0.717) is 12.5 Å². The van der Waals surface area contributed by atoms with E-state index >= 15 is 0 Å². The zero-order valence-electron chi connectivity index (χ0n) is 16.7. The van der Waals surface area contributed by atoms with Gasteiger partial charge in [-0.05, 0) is 30.7 Å². The molecule has 146 valence electrons. The van der Waals surface area contributed by atoms with Crippen LogP contribution in [0.5, 0.6) is 0 Å². The first kappa shape index (κ1) is 18.7. The van der Waals surface area contributed by atoms with E-state index in [1.807, 2.05) is 19.1 Å². The van der Waals surface area contributed by atoms with Crippen LogP contribution in [0, 0.1) is 12.7 Å². The van der Waals surface area contributed by atoms with Crippen LogP contribution in [-0.4, -0.2) is 46.0 Å². The fourth-order valence-corrected chi connectivity index (χ4v) is 3.72. The highest BCUT2D eigenvalue weighted by atomic mass is 19.1. The predicted molar refractivity (Wildman–Crippen MR) is 110 cm³/mol. The van der Waals surface area contributed by atoms with Gasteiger partial charge in [0.05, 0.1) is 5.52 Å². The molecule has 1 aromatic carbocycles. The molecular weight excluding hydrogens is 353 g/mol. The molecule has 0 atom stereocenters. The Morgan fingerprint density at radius 1 is 1.07 bits per heavy atom. The average molecular weight is 379 g/mol. The van der Waals surface area contributed by atoms with Gasteiger partial charge in [-0.2, -0.15) is 0 Å². The molecule has 3 heterocycles. The lowest BCUT2D eigenvalue weighted by Gasteiger charge is -2.35. The molecule has 4 rings (SSSR count). The number of benzene rings is 1. The van der Waals surface area contributed by atoms with Gasteiger partial charge in [-0.25, -0.2) is 14.4 Å². The maximum atomic E-state index is 14.0. The van der Waals surface area contributed by atoms with Gasteiger partial charge in [0, 0.05) is 62.0 Å². The van der Waals surface area contributed by atoms with Crippen molar-refractivity contribution in [3.63, 3.8) is 0 Å². The van der Waals surface area contributed by atoms with Crippen LogP contribution in [-0.2, 0) is 6.54 Å². The van der Waals surface area contributed by atoms with E-state index in [2.05, 4.69) is 39.7 Å². The Kier molecular flexibility index (Phi) is 5.22. The zero-order valence-corrected chi connectivity index (χ0v) is 16.7. The molecule has 0 radical (unpaired) electrons. The summed E-state index contributed by atoms with van der Waals surface area (Å²) in [5.74, 6) is 2.02. The van der Waals surface area contributed by atoms with Gasteiger partial charge in [0.2, 0.25) is 0 Å². The lowest BCUT2D eigenvalue weighted by molar-refractivity contribution is 0.249. The Morgan fingerprint density at radius 2 is 1.86 bits per heavy atom. The molecule has 0 N–H and O–H groups in total. The van der Waals surface area contributed by atoms with E-state index in [-0.39, 0.29) is 5.82 Å². The number of aromatic nitrogens is 3. The summed E-state index contributed by atoms with van der Waals surface area (Å²) in [7, 11) is 0. The summed E-state index contributed by atoms with van der Waals surface area (Å²) >= 11 is 0. The van der Waals surface area contributed by atoms with Gasteiger partial charge < -0.3 is 4.90 Å². The van der Waals surface area contributed by atoms with Gasteiger partial charge in [0.15, 0.2) is 0 Å². The highest BCUT2D eigenvalue weighted by Gasteiger charge is 2.20. The van der Waals surface area contributed by atoms with Crippen molar-refractivity contribution in [1.82, 2.24) is 19.9 Å². The molecule has 1 aliphatic heterocycles. The topological polar surface area (TPSA) is 45.2 Å². The minimum absolute atomic E-state index is 0.202. The summed E-state index contributed by atoms with van der Waals surface area (Å²) in [6.45, 7) is 10.6. The van der Waals surface area contributed by atoms with Gasteiger partial charge in [-0.15, -0.1) is 0 Å². The van der Waals surface area contributed by atoms with E-state index in [9.17, 15) is 4.39 Å². The Labute approximate surface area is 165 Å². The molecule has 6 heteroatoms. The van der Waals surface area contributed by atoms with Crippen LogP contribution >= 0.6 is 0 Å². The van der Waals surface area contributed by atoms with Crippen LogP contribution in [0.2, 0.25) is 0 Å². The maximum Gasteiger partial charge on any atom is 0.133 e. The third-order valence-corrected chi connectivity index (χ3v) is 5.21. The maximum absolute atomic E-state index is 14.0. The third kappa shape index (κ3) is 3.97. The van der Waals surface area contributed by atoms with Crippen LogP contribution in [0.3, 0.4) is 0 Å². The zero-order chi connectivity index (χ0) is 19.7. The van der Waals surface area contributed by atoms with Crippen molar-refractivity contribution in [1.29, 1.82) is 0 Å². The van der Waals surface area contributed by atoms with Crippen LogP contribution in [0.15, 0.2) is 36.5 Å². The van der Waals surface area contributed by atoms with Crippen molar-refractivity contribution in [3.05, 3.63) is 59.4 Å². The first-order valence-electron chi connectivity index (χ1n) is 9.85. The van der Waals surface area contributed by atoms with E-state index in [4.69, 9.17) is 4.98 Å². The van der Waals surface area contributed by atoms with E-state index < -0.39 is 0 Å². The van der Waals surface area contributed by atoms with Crippen molar-refractivity contribution in [2.45, 2.75) is 33.2 Å². The Balaban J connectivity index is 1.47. The molecule has 1 aliphatic rings. The van der Waals surface area contributed by atoms with Crippen LogP contribution in [0.1, 0.15) is 36.8 Å². The SMILES string of the molecule is Cc1cc(N2CCN(Cc3cc(F)cc4cccnc34)CC2)nc(C(C)C)n1. The monoisotopic (exact) mass is 379 g/mol. The largest absolute Gasteiger partial charge is 0.354 e. The molecular formula is C22H26FN5. The second-order valence-electron chi connectivity index (χ2n) is 7.78. The van der Waals surface area contributed by atoms with Crippen molar-refractivity contribution >= 4 is 16.7 Å². The molecule has 1 saturated heterocycles. The molecule has 1 fully saturated rings. The van der Waals surface area contributed by atoms with Gasteiger partial charge >= 0.3 is 0 Å². The highest BCUT2D eigenvalue weighted by Crippen LogP contribution is 2.22. The number of rotatable bonds is 4. The molecule has 0 unspecified atom stereocenters. The highest BCUT2D eigenvalue weighted by molar-refractivity contribution is 5.81. The lowest BCUT2D eigenvalue weighted by atomic mass is 10.1. The van der Waals surface area contributed by atoms with Gasteiger partial charge in [0.1, 0.15) is 17.5 Å². The molecule has 0 saturated carbocycles. The van der Waals surface area contributed by atoms with Crippen LogP contribution in [0.25, 0.3) is 10.9 Å². The summed E-state index contributed by atoms with van der Waals surface area (Å²) in [5, 5.41) is 0.855. The Hall–Kier alpha value is -2.60. The minimum Gasteiger partial charge on any atom is -0.354 e. The number of anilines is 1. The molecule has 0 spiro atoms. The van der Waals surface area contributed by atoms with Gasteiger partial charge in [0.25, 0.3) is 0 Å². The predicted octanol–water partition coefficient (Wildman–Crippen LogP) is 3.92. The normalized spacial score (nSPS) is 15.5. The number of nitrogens with zero attached hydrogens (tertiary/aromatic N) is 5. The lowest BCUT2D eigenvalue weighted by Crippen LogP contribution is -2.46. The van der Waals surface area contributed by atoms with E-state index in [1.54, 1.807) is 18.3 Å². The number of halogens is 1. The number of piperazine rings is 1. The second-order valence-corrected chi connectivity index (χ2v) is 7.78. The second kappa shape index (κ2) is 7.80. The number of hydrogen-bond donors (Lipinski definition) is 0. The Morgan fingerprint density at radius 3 is 2.61 bits per heavy atom. The minimum atomic E-state index is -0.202. The third-order valence-electron chi connectivity index (χ3n) is 5.21. The fraction of sp³-hybridized carbons (Fsp3) is 0.409. The Bertz CT molecular complexity index is 980. The first-order chi connectivity index (χ1) is 13.5. The van der Waals surface area contributed by atoms with E-state index in [0.717, 1.165) is 60.0 Å². The van der Waals surface area contributed by atoms with Gasteiger partial charge in [-0.1, -0.05) is 19.9 Å². The summed E-state index contributed by atoms with van der Waals surface area (Å²) in [6, 6.07) is 8.99. The molecule has 0 aliphatic carbocycles. The van der Waals surface area contributed by atoms with Crippen LogP contribution < -0.4 is 4.90 Å². The summed E-state index contributed by atoms with van der Waals surface area (Å²) < 4.78 is 14.0. The fourth-order valence-electron chi connectivity index (χ4n) is 3.72. The van der Waals surface area contributed by atoms with Crippen molar-refractivity contribution in [2.24, 2.45) is 0 Å². The number of pyridine rings is 1.